The standard InChI is InChI=1S/C18H34N4O2/c1-14-4-3-5-16(12-14)20-17(23)13-21-8-10-22(11-9-21)18(24)7-6-15(2)19/h14-16H,3-13,19H2,1-2H3,(H,20,23). The smallest absolute Gasteiger partial charge is 0.234 e. The number of nitrogens with one attached hydrogen (secondary N) is 1. The van der Waals surface area contributed by atoms with Crippen LogP contribution in [0.25, 0.3) is 0 Å². The fraction of sp³-hybridized carbons (Fsp3) is 0.889. The molecule has 24 heavy (non-hydrogen) atoms. The average molecular weight is 338 g/mol. The fourth-order valence-corrected chi connectivity index (χ4v) is 3.71. The van der Waals surface area contributed by atoms with Crippen LogP contribution in [-0.2, 0) is 9.59 Å². The van der Waals surface area contributed by atoms with Gasteiger partial charge in [0.15, 0.2) is 0 Å². The molecule has 3 atom stereocenters. The van der Waals surface area contributed by atoms with Crippen LogP contribution in [-0.4, -0.2) is 66.4 Å². The Hall–Kier alpha value is -1.14. The van der Waals surface area contributed by atoms with Gasteiger partial charge in [-0.05, 0) is 32.1 Å². The zero-order chi connectivity index (χ0) is 17.5. The summed E-state index contributed by atoms with van der Waals surface area (Å²) in [6, 6.07) is 0.420. The van der Waals surface area contributed by atoms with Crippen molar-refractivity contribution in [1.29, 1.82) is 0 Å². The van der Waals surface area contributed by atoms with E-state index < -0.39 is 0 Å². The minimum atomic E-state index is 0.0708. The Kier molecular flexibility index (Phi) is 7.49. The highest BCUT2D eigenvalue weighted by molar-refractivity contribution is 5.78. The molecular weight excluding hydrogens is 304 g/mol. The van der Waals surface area contributed by atoms with Gasteiger partial charge in [0.1, 0.15) is 0 Å². The van der Waals surface area contributed by atoms with Crippen LogP contribution < -0.4 is 11.1 Å². The number of amides is 2. The molecule has 1 heterocycles. The molecule has 1 saturated carbocycles. The summed E-state index contributed by atoms with van der Waals surface area (Å²) >= 11 is 0. The summed E-state index contributed by atoms with van der Waals surface area (Å²) in [7, 11) is 0. The Morgan fingerprint density at radius 3 is 2.54 bits per heavy atom. The van der Waals surface area contributed by atoms with E-state index in [-0.39, 0.29) is 17.9 Å². The van der Waals surface area contributed by atoms with Crippen molar-refractivity contribution < 1.29 is 9.59 Å². The molecule has 2 rings (SSSR count). The first-order valence-electron chi connectivity index (χ1n) is 9.49. The van der Waals surface area contributed by atoms with Gasteiger partial charge in [0.25, 0.3) is 0 Å². The highest BCUT2D eigenvalue weighted by Crippen LogP contribution is 2.23. The van der Waals surface area contributed by atoms with Gasteiger partial charge in [0.2, 0.25) is 11.8 Å². The summed E-state index contributed by atoms with van der Waals surface area (Å²) in [5.74, 6) is 1.04. The zero-order valence-electron chi connectivity index (χ0n) is 15.3. The molecule has 6 heteroatoms. The van der Waals surface area contributed by atoms with Crippen molar-refractivity contribution in [3.05, 3.63) is 0 Å². The SMILES string of the molecule is CC(N)CCC(=O)N1CCN(CC(=O)NC2CCCC(C)C2)CC1. The van der Waals surface area contributed by atoms with E-state index in [1.807, 2.05) is 11.8 Å². The molecule has 0 radical (unpaired) electrons. The molecule has 3 N–H and O–H groups in total. The quantitative estimate of drug-likeness (QED) is 0.756. The second kappa shape index (κ2) is 9.37. The summed E-state index contributed by atoms with van der Waals surface area (Å²) in [6.07, 6.45) is 5.98. The van der Waals surface area contributed by atoms with Crippen LogP contribution in [0.1, 0.15) is 52.4 Å². The molecule has 2 aliphatic rings. The Bertz CT molecular complexity index is 419. The summed E-state index contributed by atoms with van der Waals surface area (Å²) in [5.41, 5.74) is 5.71. The van der Waals surface area contributed by atoms with Crippen molar-refractivity contribution in [2.24, 2.45) is 11.7 Å². The van der Waals surface area contributed by atoms with Crippen LogP contribution in [0, 0.1) is 5.92 Å². The predicted octanol–water partition coefficient (Wildman–Crippen LogP) is 0.953. The third-order valence-corrected chi connectivity index (χ3v) is 5.21. The molecule has 6 nitrogen and oxygen atoms in total. The lowest BCUT2D eigenvalue weighted by molar-refractivity contribution is -0.133. The van der Waals surface area contributed by atoms with Crippen molar-refractivity contribution in [2.45, 2.75) is 64.5 Å². The number of rotatable bonds is 6. The topological polar surface area (TPSA) is 78.7 Å². The summed E-state index contributed by atoms with van der Waals surface area (Å²) in [4.78, 5) is 28.4. The monoisotopic (exact) mass is 338 g/mol. The van der Waals surface area contributed by atoms with Gasteiger partial charge < -0.3 is 16.0 Å². The maximum Gasteiger partial charge on any atom is 0.234 e. The van der Waals surface area contributed by atoms with Crippen molar-refractivity contribution in [3.8, 4) is 0 Å². The van der Waals surface area contributed by atoms with Crippen LogP contribution in [0.2, 0.25) is 0 Å². The largest absolute Gasteiger partial charge is 0.352 e. The van der Waals surface area contributed by atoms with Crippen LogP contribution in [0.15, 0.2) is 0 Å². The van der Waals surface area contributed by atoms with E-state index in [1.54, 1.807) is 0 Å². The van der Waals surface area contributed by atoms with E-state index in [0.717, 1.165) is 38.3 Å². The normalized spacial score (nSPS) is 26.9. The van der Waals surface area contributed by atoms with Crippen molar-refractivity contribution in [3.63, 3.8) is 0 Å². The van der Waals surface area contributed by atoms with E-state index in [2.05, 4.69) is 17.1 Å². The number of piperazine rings is 1. The summed E-state index contributed by atoms with van der Waals surface area (Å²) in [6.45, 7) is 7.62. The molecule has 0 aromatic carbocycles. The fourth-order valence-electron chi connectivity index (χ4n) is 3.71. The summed E-state index contributed by atoms with van der Waals surface area (Å²) in [5, 5.41) is 3.19. The molecule has 2 fully saturated rings. The van der Waals surface area contributed by atoms with E-state index in [9.17, 15) is 9.59 Å². The summed E-state index contributed by atoms with van der Waals surface area (Å²) < 4.78 is 0. The highest BCUT2D eigenvalue weighted by atomic mass is 16.2. The lowest BCUT2D eigenvalue weighted by Gasteiger charge is -2.35. The number of nitrogens with two attached hydrogens (primary N) is 1. The molecule has 1 aliphatic heterocycles. The maximum absolute atomic E-state index is 12.2. The van der Waals surface area contributed by atoms with Crippen molar-refractivity contribution >= 4 is 11.8 Å². The Morgan fingerprint density at radius 1 is 1.21 bits per heavy atom. The van der Waals surface area contributed by atoms with Gasteiger partial charge in [0, 0.05) is 44.7 Å². The zero-order valence-corrected chi connectivity index (χ0v) is 15.3. The molecule has 2 amide bonds. The van der Waals surface area contributed by atoms with Crippen molar-refractivity contribution in [1.82, 2.24) is 15.1 Å². The molecule has 0 bridgehead atoms. The average Bonchev–Trinajstić information content (AvgIpc) is 2.53. The van der Waals surface area contributed by atoms with E-state index in [0.29, 0.717) is 32.1 Å². The van der Waals surface area contributed by atoms with E-state index >= 15 is 0 Å². The van der Waals surface area contributed by atoms with Crippen LogP contribution >= 0.6 is 0 Å². The van der Waals surface area contributed by atoms with E-state index in [4.69, 9.17) is 5.73 Å². The van der Waals surface area contributed by atoms with Gasteiger partial charge in [-0.2, -0.15) is 0 Å². The molecule has 1 aliphatic carbocycles. The molecule has 0 spiro atoms. The first-order valence-corrected chi connectivity index (χ1v) is 9.49. The Balaban J connectivity index is 1.65. The van der Waals surface area contributed by atoms with Gasteiger partial charge >= 0.3 is 0 Å². The minimum Gasteiger partial charge on any atom is -0.352 e. The molecule has 138 valence electrons. The Labute approximate surface area is 146 Å². The minimum absolute atomic E-state index is 0.0708. The van der Waals surface area contributed by atoms with Crippen molar-refractivity contribution in [2.75, 3.05) is 32.7 Å². The van der Waals surface area contributed by atoms with Crippen LogP contribution in [0.3, 0.4) is 0 Å². The molecule has 0 aromatic rings. The number of hydrogen-bond donors (Lipinski definition) is 2. The Morgan fingerprint density at radius 2 is 1.92 bits per heavy atom. The third kappa shape index (κ3) is 6.40. The lowest BCUT2D eigenvalue weighted by atomic mass is 9.87. The maximum atomic E-state index is 12.2. The van der Waals surface area contributed by atoms with Gasteiger partial charge in [-0.3, -0.25) is 14.5 Å². The lowest BCUT2D eigenvalue weighted by Crippen LogP contribution is -2.52. The van der Waals surface area contributed by atoms with E-state index in [1.165, 1.54) is 12.8 Å². The van der Waals surface area contributed by atoms with Gasteiger partial charge in [-0.25, -0.2) is 0 Å². The molecular formula is C18H34N4O2. The highest BCUT2D eigenvalue weighted by Gasteiger charge is 2.24. The van der Waals surface area contributed by atoms with Gasteiger partial charge in [0.05, 0.1) is 6.54 Å². The third-order valence-electron chi connectivity index (χ3n) is 5.21. The van der Waals surface area contributed by atoms with Crippen LogP contribution in [0.5, 0.6) is 0 Å². The second-order valence-electron chi connectivity index (χ2n) is 7.71. The first kappa shape index (κ1) is 19.2. The number of nitrogens with zero attached hydrogens (tertiary/aromatic N) is 2. The molecule has 3 unspecified atom stereocenters. The van der Waals surface area contributed by atoms with Crippen LogP contribution in [0.4, 0.5) is 0 Å². The molecule has 0 aromatic heterocycles. The van der Waals surface area contributed by atoms with Gasteiger partial charge in [-0.15, -0.1) is 0 Å². The predicted molar refractivity (Wildman–Crippen MR) is 95.5 cm³/mol. The second-order valence-corrected chi connectivity index (χ2v) is 7.71. The first-order chi connectivity index (χ1) is 11.4. The van der Waals surface area contributed by atoms with Gasteiger partial charge in [-0.1, -0.05) is 19.8 Å². The number of carbonyl (C=O) groups is 2. The number of hydrogen-bond acceptors (Lipinski definition) is 4. The number of carbonyl (C=O) groups excluding carboxylic acids is 2. The molecule has 1 saturated heterocycles.